The largest absolute Gasteiger partial charge is 0.477 e. The molecule has 0 aliphatic rings. The Kier molecular flexibility index (Phi) is 7.74. The van der Waals surface area contributed by atoms with Crippen LogP contribution in [0.3, 0.4) is 0 Å². The Morgan fingerprint density at radius 1 is 1.30 bits per heavy atom. The van der Waals surface area contributed by atoms with E-state index in [4.69, 9.17) is 15.1 Å². The molecular weight excluding hydrogens is 412 g/mol. The van der Waals surface area contributed by atoms with E-state index in [-0.39, 0.29) is 6.04 Å². The van der Waals surface area contributed by atoms with Crippen LogP contribution in [0.5, 0.6) is 5.88 Å². The summed E-state index contributed by atoms with van der Waals surface area (Å²) in [6.45, 7) is 13.6. The Morgan fingerprint density at radius 3 is 2.70 bits per heavy atom. The van der Waals surface area contributed by atoms with Crippen molar-refractivity contribution in [3.63, 3.8) is 0 Å². The van der Waals surface area contributed by atoms with Gasteiger partial charge in [-0.2, -0.15) is 0 Å². The Balaban J connectivity index is 2.22. The molecule has 0 saturated carbocycles. The summed E-state index contributed by atoms with van der Waals surface area (Å²) in [5.41, 5.74) is 8.60. The molecular formula is C26H36N6O. The van der Waals surface area contributed by atoms with Gasteiger partial charge in [-0.3, -0.25) is 0 Å². The Bertz CT molecular complexity index is 1180. The topological polar surface area (TPSA) is 87.8 Å². The second-order valence-corrected chi connectivity index (χ2v) is 8.39. The second kappa shape index (κ2) is 10.5. The van der Waals surface area contributed by atoms with Crippen molar-refractivity contribution in [3.05, 3.63) is 47.4 Å². The third kappa shape index (κ3) is 5.02. The van der Waals surface area contributed by atoms with Crippen LogP contribution < -0.4 is 15.4 Å². The zero-order valence-corrected chi connectivity index (χ0v) is 20.8. The molecule has 176 valence electrons. The highest BCUT2D eigenvalue weighted by Crippen LogP contribution is 2.37. The number of nitrogens with one attached hydrogen (secondary N) is 3. The molecule has 3 aromatic heterocycles. The maximum Gasteiger partial charge on any atom is 0.222 e. The lowest BCUT2D eigenvalue weighted by molar-refractivity contribution is 0.328. The van der Waals surface area contributed by atoms with Gasteiger partial charge in [0.1, 0.15) is 0 Å². The number of aromatic nitrogens is 3. The van der Waals surface area contributed by atoms with Gasteiger partial charge in [0.05, 0.1) is 46.8 Å². The van der Waals surface area contributed by atoms with Crippen molar-refractivity contribution in [1.29, 1.82) is 5.41 Å². The van der Waals surface area contributed by atoms with E-state index in [9.17, 15) is 0 Å². The standard InChI is InChI=1S/C26H36N6O/c1-8-23-18(6)24-25(32(23)16(3)4)22(30-15-19(27)13-17(5)28-7)14-21(31-24)20-11-10-12-29-26(20)33-9-2/h10-14,16,27-28H,8-9,15H2,1-7H3,(H,30,31)/b17-13-,27-19?. The molecule has 0 amide bonds. The highest BCUT2D eigenvalue weighted by Gasteiger charge is 2.22. The third-order valence-corrected chi connectivity index (χ3v) is 5.75. The zero-order valence-electron chi connectivity index (χ0n) is 20.8. The number of rotatable bonds is 10. The van der Waals surface area contributed by atoms with Crippen molar-refractivity contribution in [3.8, 4) is 17.1 Å². The van der Waals surface area contributed by atoms with Crippen LogP contribution in [0.2, 0.25) is 0 Å². The van der Waals surface area contributed by atoms with E-state index < -0.39 is 0 Å². The fraction of sp³-hybridized carbons (Fsp3) is 0.423. The zero-order chi connectivity index (χ0) is 24.1. The summed E-state index contributed by atoms with van der Waals surface area (Å²) in [6, 6.07) is 6.24. The number of allylic oxidation sites excluding steroid dienone is 1. The number of pyridine rings is 2. The Labute approximate surface area is 196 Å². The molecule has 0 aliphatic heterocycles. The van der Waals surface area contributed by atoms with E-state index in [1.165, 1.54) is 11.3 Å². The average Bonchev–Trinajstić information content (AvgIpc) is 3.10. The van der Waals surface area contributed by atoms with Crippen LogP contribution in [-0.2, 0) is 6.42 Å². The molecule has 3 rings (SSSR count). The second-order valence-electron chi connectivity index (χ2n) is 8.39. The van der Waals surface area contributed by atoms with Crippen LogP contribution in [0.25, 0.3) is 22.3 Å². The average molecular weight is 449 g/mol. The smallest absolute Gasteiger partial charge is 0.222 e. The van der Waals surface area contributed by atoms with Crippen LogP contribution in [0, 0.1) is 12.3 Å². The molecule has 0 unspecified atom stereocenters. The van der Waals surface area contributed by atoms with E-state index >= 15 is 0 Å². The fourth-order valence-corrected chi connectivity index (χ4v) is 4.19. The summed E-state index contributed by atoms with van der Waals surface area (Å²) in [6.07, 6.45) is 4.50. The molecule has 7 heteroatoms. The number of aryl methyl sites for hydroxylation is 1. The van der Waals surface area contributed by atoms with Gasteiger partial charge in [-0.15, -0.1) is 0 Å². The first-order chi connectivity index (χ1) is 15.8. The molecule has 0 bridgehead atoms. The first-order valence-electron chi connectivity index (χ1n) is 11.6. The summed E-state index contributed by atoms with van der Waals surface area (Å²) in [7, 11) is 1.86. The minimum absolute atomic E-state index is 0.285. The molecule has 3 N–H and O–H groups in total. The summed E-state index contributed by atoms with van der Waals surface area (Å²) in [5.74, 6) is 0.579. The third-order valence-electron chi connectivity index (χ3n) is 5.75. The monoisotopic (exact) mass is 448 g/mol. The molecule has 0 saturated heterocycles. The van der Waals surface area contributed by atoms with Crippen molar-refractivity contribution >= 4 is 22.4 Å². The summed E-state index contributed by atoms with van der Waals surface area (Å²) < 4.78 is 8.16. The lowest BCUT2D eigenvalue weighted by Gasteiger charge is -2.18. The molecule has 0 aromatic carbocycles. The predicted molar refractivity (Wildman–Crippen MR) is 138 cm³/mol. The Morgan fingerprint density at radius 2 is 2.06 bits per heavy atom. The van der Waals surface area contributed by atoms with Crippen LogP contribution in [-0.4, -0.2) is 40.4 Å². The number of nitrogens with zero attached hydrogens (tertiary/aromatic N) is 3. The predicted octanol–water partition coefficient (Wildman–Crippen LogP) is 5.50. The van der Waals surface area contributed by atoms with Crippen LogP contribution in [0.4, 0.5) is 5.69 Å². The van der Waals surface area contributed by atoms with Gasteiger partial charge in [0.25, 0.3) is 0 Å². The van der Waals surface area contributed by atoms with E-state index in [1.807, 2.05) is 39.1 Å². The molecule has 3 aromatic rings. The number of hydrogen-bond acceptors (Lipinski definition) is 6. The quantitative estimate of drug-likeness (QED) is 0.356. The highest BCUT2D eigenvalue weighted by atomic mass is 16.5. The van der Waals surface area contributed by atoms with Crippen molar-refractivity contribution < 1.29 is 4.74 Å². The van der Waals surface area contributed by atoms with Gasteiger partial charge in [-0.1, -0.05) is 6.92 Å². The Hall–Kier alpha value is -3.35. The van der Waals surface area contributed by atoms with Crippen molar-refractivity contribution in [1.82, 2.24) is 19.9 Å². The van der Waals surface area contributed by atoms with E-state index in [0.29, 0.717) is 24.7 Å². The number of ether oxygens (including phenoxy) is 1. The van der Waals surface area contributed by atoms with E-state index in [2.05, 4.69) is 53.9 Å². The summed E-state index contributed by atoms with van der Waals surface area (Å²) >= 11 is 0. The van der Waals surface area contributed by atoms with Crippen LogP contribution >= 0.6 is 0 Å². The maximum atomic E-state index is 8.38. The van der Waals surface area contributed by atoms with E-state index in [1.54, 1.807) is 6.20 Å². The molecule has 0 aliphatic carbocycles. The molecule has 7 nitrogen and oxygen atoms in total. The van der Waals surface area contributed by atoms with Gasteiger partial charge in [0.2, 0.25) is 5.88 Å². The van der Waals surface area contributed by atoms with Crippen molar-refractivity contribution in [2.24, 2.45) is 0 Å². The lowest BCUT2D eigenvalue weighted by Crippen LogP contribution is -2.15. The van der Waals surface area contributed by atoms with Crippen LogP contribution in [0.1, 0.15) is 51.9 Å². The fourth-order valence-electron chi connectivity index (χ4n) is 4.19. The highest BCUT2D eigenvalue weighted by molar-refractivity contribution is 5.99. The number of fused-ring (bicyclic) bond motifs is 1. The summed E-state index contributed by atoms with van der Waals surface area (Å²) in [5, 5.41) is 15.0. The van der Waals surface area contributed by atoms with Gasteiger partial charge in [-0.05, 0) is 70.9 Å². The first kappa shape index (κ1) is 24.3. The normalized spacial score (nSPS) is 11.8. The minimum Gasteiger partial charge on any atom is -0.477 e. The lowest BCUT2D eigenvalue weighted by atomic mass is 10.1. The van der Waals surface area contributed by atoms with Gasteiger partial charge < -0.3 is 25.3 Å². The molecule has 33 heavy (non-hydrogen) atoms. The number of hydrogen-bond donors (Lipinski definition) is 3. The summed E-state index contributed by atoms with van der Waals surface area (Å²) in [4.78, 5) is 9.52. The molecule has 0 atom stereocenters. The maximum absolute atomic E-state index is 8.38. The SMILES string of the molecule is CCOc1ncccc1-c1cc(NCC(=N)/C=C(/C)NC)c2c(n1)c(C)c(CC)n2C(C)C. The molecule has 3 heterocycles. The number of anilines is 1. The molecule has 0 fully saturated rings. The van der Waals surface area contributed by atoms with E-state index in [0.717, 1.165) is 40.1 Å². The minimum atomic E-state index is 0.285. The van der Waals surface area contributed by atoms with Gasteiger partial charge >= 0.3 is 0 Å². The van der Waals surface area contributed by atoms with Gasteiger partial charge in [0.15, 0.2) is 0 Å². The van der Waals surface area contributed by atoms with Gasteiger partial charge in [0, 0.05) is 30.7 Å². The first-order valence-corrected chi connectivity index (χ1v) is 11.6. The van der Waals surface area contributed by atoms with Crippen molar-refractivity contribution in [2.75, 3.05) is 25.5 Å². The van der Waals surface area contributed by atoms with Gasteiger partial charge in [-0.25, -0.2) is 9.97 Å². The van der Waals surface area contributed by atoms with Crippen LogP contribution in [0.15, 0.2) is 36.2 Å². The van der Waals surface area contributed by atoms with Crippen molar-refractivity contribution in [2.45, 2.75) is 54.0 Å². The molecule has 0 spiro atoms. The molecule has 0 radical (unpaired) electrons.